The van der Waals surface area contributed by atoms with Crippen molar-refractivity contribution in [2.24, 2.45) is 0 Å². The van der Waals surface area contributed by atoms with Gasteiger partial charge in [-0.15, -0.1) is 0 Å². The molecule has 2 heterocycles. The summed E-state index contributed by atoms with van der Waals surface area (Å²) in [6.45, 7) is 8.55. The second kappa shape index (κ2) is 8.08. The van der Waals surface area contributed by atoms with Gasteiger partial charge in [-0.3, -0.25) is 4.79 Å². The highest BCUT2D eigenvalue weighted by Gasteiger charge is 2.24. The van der Waals surface area contributed by atoms with Crippen LogP contribution in [0.1, 0.15) is 10.6 Å². The number of carbonyl (C=O) groups excluding carboxylic acids is 1. The number of benzene rings is 1. The topological polar surface area (TPSA) is 49.9 Å². The third-order valence-electron chi connectivity index (χ3n) is 4.25. The standard InChI is InChI=1S/C18H19BrClN3O2/c1-2-8-22-9-11-23(12-10-22)17-13(20)4-3-5-14(17)21-18(24)15-6-7-16(19)25-15/h2-7H,1,8-12H2,(H,21,24)/p+1. The van der Waals surface area contributed by atoms with Crippen LogP contribution in [0.2, 0.25) is 5.02 Å². The number of rotatable bonds is 5. The summed E-state index contributed by atoms with van der Waals surface area (Å²) in [4.78, 5) is 16.1. The fourth-order valence-electron chi connectivity index (χ4n) is 3.01. The summed E-state index contributed by atoms with van der Waals surface area (Å²) in [5.41, 5.74) is 1.55. The Morgan fingerprint density at radius 3 is 2.76 bits per heavy atom. The maximum atomic E-state index is 12.4. The molecule has 0 atom stereocenters. The van der Waals surface area contributed by atoms with E-state index in [4.69, 9.17) is 16.0 Å². The summed E-state index contributed by atoms with van der Waals surface area (Å²) < 4.78 is 5.84. The Morgan fingerprint density at radius 2 is 2.12 bits per heavy atom. The van der Waals surface area contributed by atoms with E-state index in [9.17, 15) is 4.79 Å². The lowest BCUT2D eigenvalue weighted by Crippen LogP contribution is -3.14. The molecular formula is C18H20BrClN3O2+. The number of nitrogens with zero attached hydrogens (tertiary/aromatic N) is 1. The summed E-state index contributed by atoms with van der Waals surface area (Å²) in [6, 6.07) is 8.86. The molecule has 0 aliphatic carbocycles. The number of quaternary nitrogens is 1. The Labute approximate surface area is 160 Å². The van der Waals surface area contributed by atoms with Gasteiger partial charge in [0, 0.05) is 0 Å². The third kappa shape index (κ3) is 4.26. The summed E-state index contributed by atoms with van der Waals surface area (Å²) >= 11 is 9.65. The minimum Gasteiger partial charge on any atom is -0.444 e. The molecule has 3 rings (SSSR count). The minimum absolute atomic E-state index is 0.248. The van der Waals surface area contributed by atoms with Crippen molar-refractivity contribution in [3.63, 3.8) is 0 Å². The number of nitrogens with one attached hydrogen (secondary N) is 2. The van der Waals surface area contributed by atoms with Crippen LogP contribution < -0.4 is 15.1 Å². The first kappa shape index (κ1) is 18.0. The Morgan fingerprint density at radius 1 is 1.36 bits per heavy atom. The van der Waals surface area contributed by atoms with Gasteiger partial charge >= 0.3 is 0 Å². The highest BCUT2D eigenvalue weighted by molar-refractivity contribution is 9.10. The zero-order valence-corrected chi connectivity index (χ0v) is 16.1. The van der Waals surface area contributed by atoms with Crippen LogP contribution in [0.5, 0.6) is 0 Å². The molecule has 0 spiro atoms. The van der Waals surface area contributed by atoms with Crippen LogP contribution in [0.3, 0.4) is 0 Å². The highest BCUT2D eigenvalue weighted by atomic mass is 79.9. The van der Waals surface area contributed by atoms with Crippen LogP contribution in [-0.4, -0.2) is 38.6 Å². The summed E-state index contributed by atoms with van der Waals surface area (Å²) in [7, 11) is 0. The third-order valence-corrected chi connectivity index (χ3v) is 4.98. The van der Waals surface area contributed by atoms with Crippen LogP contribution in [0, 0.1) is 0 Å². The highest BCUT2D eigenvalue weighted by Crippen LogP contribution is 2.34. The zero-order valence-electron chi connectivity index (χ0n) is 13.7. The summed E-state index contributed by atoms with van der Waals surface area (Å²) in [5, 5.41) is 3.54. The van der Waals surface area contributed by atoms with Crippen molar-refractivity contribution in [1.82, 2.24) is 0 Å². The van der Waals surface area contributed by atoms with Crippen molar-refractivity contribution in [2.75, 3.05) is 42.9 Å². The molecule has 0 unspecified atom stereocenters. The molecule has 1 fully saturated rings. The number of piperazine rings is 1. The molecule has 2 aromatic rings. The smallest absolute Gasteiger partial charge is 0.291 e. The normalized spacial score (nSPS) is 15.2. The predicted octanol–water partition coefficient (Wildman–Crippen LogP) is 2.84. The molecule has 1 aliphatic heterocycles. The Kier molecular flexibility index (Phi) is 5.83. The van der Waals surface area contributed by atoms with E-state index in [2.05, 4.69) is 32.7 Å². The van der Waals surface area contributed by atoms with E-state index in [0.29, 0.717) is 15.4 Å². The molecule has 25 heavy (non-hydrogen) atoms. The van der Waals surface area contributed by atoms with Gasteiger partial charge in [-0.2, -0.15) is 0 Å². The lowest BCUT2D eigenvalue weighted by molar-refractivity contribution is -0.894. The van der Waals surface area contributed by atoms with Crippen LogP contribution in [0.25, 0.3) is 0 Å². The first-order valence-electron chi connectivity index (χ1n) is 8.13. The van der Waals surface area contributed by atoms with E-state index < -0.39 is 0 Å². The maximum Gasteiger partial charge on any atom is 0.291 e. The van der Waals surface area contributed by atoms with Crippen molar-refractivity contribution in [3.8, 4) is 0 Å². The van der Waals surface area contributed by atoms with Gasteiger partial charge in [0.25, 0.3) is 5.91 Å². The summed E-state index contributed by atoms with van der Waals surface area (Å²) in [6.07, 6.45) is 1.95. The number of furan rings is 1. The van der Waals surface area contributed by atoms with Crippen molar-refractivity contribution in [1.29, 1.82) is 0 Å². The van der Waals surface area contributed by atoms with Gasteiger partial charge in [-0.25, -0.2) is 0 Å². The van der Waals surface area contributed by atoms with E-state index in [0.717, 1.165) is 38.4 Å². The number of para-hydroxylation sites is 1. The number of hydrogen-bond acceptors (Lipinski definition) is 3. The fraction of sp³-hybridized carbons (Fsp3) is 0.278. The Balaban J connectivity index is 1.78. The first-order chi connectivity index (χ1) is 12.1. The SMILES string of the molecule is C=CC[NH+]1CCN(c2c(Cl)cccc2NC(=O)c2ccc(Br)o2)CC1. The van der Waals surface area contributed by atoms with E-state index in [1.165, 1.54) is 4.90 Å². The van der Waals surface area contributed by atoms with Crippen molar-refractivity contribution in [2.45, 2.75) is 0 Å². The van der Waals surface area contributed by atoms with Gasteiger partial charge in [0.05, 0.1) is 49.1 Å². The molecular weight excluding hydrogens is 406 g/mol. The van der Waals surface area contributed by atoms with Crippen LogP contribution in [0.4, 0.5) is 11.4 Å². The molecule has 1 aliphatic rings. The second-order valence-electron chi connectivity index (χ2n) is 5.92. The van der Waals surface area contributed by atoms with Gasteiger partial charge in [0.1, 0.15) is 0 Å². The van der Waals surface area contributed by atoms with Crippen LogP contribution in [0.15, 0.2) is 52.1 Å². The van der Waals surface area contributed by atoms with Crippen molar-refractivity contribution >= 4 is 44.8 Å². The second-order valence-corrected chi connectivity index (χ2v) is 7.11. The fourth-order valence-corrected chi connectivity index (χ4v) is 3.61. The van der Waals surface area contributed by atoms with Gasteiger partial charge in [0.2, 0.25) is 0 Å². The molecule has 0 saturated carbocycles. The average molecular weight is 426 g/mol. The van der Waals surface area contributed by atoms with Gasteiger partial charge < -0.3 is 19.5 Å². The van der Waals surface area contributed by atoms with E-state index in [1.54, 1.807) is 12.1 Å². The van der Waals surface area contributed by atoms with E-state index in [-0.39, 0.29) is 11.7 Å². The number of carbonyl (C=O) groups is 1. The quantitative estimate of drug-likeness (QED) is 0.724. The molecule has 1 amide bonds. The first-order valence-corrected chi connectivity index (χ1v) is 9.30. The number of halogens is 2. The van der Waals surface area contributed by atoms with Gasteiger partial charge in [0.15, 0.2) is 10.4 Å². The Hall–Kier alpha value is -1.76. The molecule has 1 saturated heterocycles. The largest absolute Gasteiger partial charge is 0.444 e. The molecule has 1 aromatic heterocycles. The lowest BCUT2D eigenvalue weighted by atomic mass is 10.2. The lowest BCUT2D eigenvalue weighted by Gasteiger charge is -2.34. The monoisotopic (exact) mass is 424 g/mol. The molecule has 2 N–H and O–H groups in total. The average Bonchev–Trinajstić information content (AvgIpc) is 3.03. The number of anilines is 2. The zero-order chi connectivity index (χ0) is 17.8. The molecule has 5 nitrogen and oxygen atoms in total. The van der Waals surface area contributed by atoms with Crippen molar-refractivity contribution < 1.29 is 14.1 Å². The molecule has 0 radical (unpaired) electrons. The number of amides is 1. The van der Waals surface area contributed by atoms with Crippen LogP contribution in [-0.2, 0) is 0 Å². The number of hydrogen-bond donors (Lipinski definition) is 2. The van der Waals surface area contributed by atoms with Crippen molar-refractivity contribution in [3.05, 3.63) is 58.4 Å². The predicted molar refractivity (Wildman–Crippen MR) is 104 cm³/mol. The molecule has 132 valence electrons. The van der Waals surface area contributed by atoms with Gasteiger partial charge in [-0.05, 0) is 46.3 Å². The maximum absolute atomic E-state index is 12.4. The van der Waals surface area contributed by atoms with Crippen LogP contribution >= 0.6 is 27.5 Å². The molecule has 7 heteroatoms. The van der Waals surface area contributed by atoms with Gasteiger partial charge in [-0.1, -0.05) is 24.2 Å². The van der Waals surface area contributed by atoms with E-state index in [1.807, 2.05) is 24.3 Å². The molecule has 1 aromatic carbocycles. The summed E-state index contributed by atoms with van der Waals surface area (Å²) in [5.74, 6) is -0.0526. The Bertz CT molecular complexity index is 769. The molecule has 0 bridgehead atoms. The van der Waals surface area contributed by atoms with E-state index >= 15 is 0 Å². The minimum atomic E-state index is -0.301.